The maximum atomic E-state index is 13.0. The van der Waals surface area contributed by atoms with Crippen LogP contribution in [-0.4, -0.2) is 12.6 Å². The van der Waals surface area contributed by atoms with Crippen LogP contribution in [0.5, 0.6) is 0 Å². The predicted octanol–water partition coefficient (Wildman–Crippen LogP) is 10.2. The van der Waals surface area contributed by atoms with E-state index >= 15 is 0 Å². The third-order valence-electron chi connectivity index (χ3n) is 6.89. The van der Waals surface area contributed by atoms with Gasteiger partial charge in [-0.15, -0.1) is 0 Å². The molecule has 0 N–H and O–H groups in total. The van der Waals surface area contributed by atoms with Crippen LogP contribution in [-0.2, 0) is 9.53 Å². The molecule has 0 aromatic heterocycles. The van der Waals surface area contributed by atoms with E-state index in [1.165, 1.54) is 122 Å². The molecule has 0 bridgehead atoms. The van der Waals surface area contributed by atoms with Gasteiger partial charge in [0.1, 0.15) is 0 Å². The molecule has 0 radical (unpaired) electrons. The molecule has 31 heavy (non-hydrogen) atoms. The Morgan fingerprint density at radius 3 is 1.23 bits per heavy atom. The fourth-order valence-electron chi connectivity index (χ4n) is 4.50. The average molecular weight is 439 g/mol. The summed E-state index contributed by atoms with van der Waals surface area (Å²) in [4.78, 5) is 13.0. The summed E-state index contributed by atoms with van der Waals surface area (Å²) in [5.41, 5.74) is -0.268. The lowest BCUT2D eigenvalue weighted by Crippen LogP contribution is -2.30. The first kappa shape index (κ1) is 30.5. The lowest BCUT2D eigenvalue weighted by atomic mass is 9.79. The van der Waals surface area contributed by atoms with E-state index in [1.54, 1.807) is 0 Å². The first-order chi connectivity index (χ1) is 15.1. The molecule has 0 rings (SSSR count). The van der Waals surface area contributed by atoms with Gasteiger partial charge >= 0.3 is 5.97 Å². The van der Waals surface area contributed by atoms with Crippen molar-refractivity contribution >= 4 is 5.97 Å². The van der Waals surface area contributed by atoms with E-state index in [9.17, 15) is 4.79 Å². The first-order valence-electron chi connectivity index (χ1n) is 14.3. The third-order valence-corrected chi connectivity index (χ3v) is 6.89. The van der Waals surface area contributed by atoms with Crippen LogP contribution in [0.1, 0.15) is 169 Å². The van der Waals surface area contributed by atoms with Gasteiger partial charge in [0.25, 0.3) is 0 Å². The topological polar surface area (TPSA) is 26.3 Å². The quantitative estimate of drug-likeness (QED) is 0.111. The highest BCUT2D eigenvalue weighted by molar-refractivity contribution is 5.76. The van der Waals surface area contributed by atoms with Gasteiger partial charge in [-0.05, 0) is 26.2 Å². The molecule has 0 fully saturated rings. The highest BCUT2D eigenvalue weighted by Crippen LogP contribution is 2.33. The monoisotopic (exact) mass is 438 g/mol. The zero-order valence-corrected chi connectivity index (χ0v) is 22.1. The molecule has 2 nitrogen and oxygen atoms in total. The van der Waals surface area contributed by atoms with Gasteiger partial charge in [-0.25, -0.2) is 0 Å². The van der Waals surface area contributed by atoms with Crippen molar-refractivity contribution in [1.29, 1.82) is 0 Å². The van der Waals surface area contributed by atoms with Crippen molar-refractivity contribution in [3.05, 3.63) is 0 Å². The Morgan fingerprint density at radius 2 is 0.839 bits per heavy atom. The van der Waals surface area contributed by atoms with Gasteiger partial charge in [-0.2, -0.15) is 0 Å². The normalized spacial score (nSPS) is 13.3. The molecular formula is C29H58O2. The highest BCUT2D eigenvalue weighted by atomic mass is 16.5. The van der Waals surface area contributed by atoms with Crippen LogP contribution < -0.4 is 0 Å². The van der Waals surface area contributed by atoms with Crippen LogP contribution in [0, 0.1) is 5.41 Å². The van der Waals surface area contributed by atoms with Crippen molar-refractivity contribution in [2.45, 2.75) is 169 Å². The summed E-state index contributed by atoms with van der Waals surface area (Å²) in [5, 5.41) is 0. The van der Waals surface area contributed by atoms with E-state index in [-0.39, 0.29) is 11.4 Å². The molecule has 1 atom stereocenters. The molecule has 186 valence electrons. The smallest absolute Gasteiger partial charge is 0.311 e. The summed E-state index contributed by atoms with van der Waals surface area (Å²) in [7, 11) is 0. The minimum absolute atomic E-state index is 0.0805. The average Bonchev–Trinajstić information content (AvgIpc) is 2.77. The lowest BCUT2D eigenvalue weighted by molar-refractivity contribution is -0.156. The largest absolute Gasteiger partial charge is 0.465 e. The van der Waals surface area contributed by atoms with Crippen molar-refractivity contribution in [2.75, 3.05) is 6.61 Å². The second-order valence-corrected chi connectivity index (χ2v) is 10.2. The molecule has 0 aliphatic rings. The van der Waals surface area contributed by atoms with Gasteiger partial charge in [-0.3, -0.25) is 4.79 Å². The molecule has 0 aliphatic carbocycles. The Labute approximate surface area is 196 Å². The predicted molar refractivity (Wildman–Crippen MR) is 138 cm³/mol. The van der Waals surface area contributed by atoms with Crippen LogP contribution in [0.4, 0.5) is 0 Å². The van der Waals surface area contributed by atoms with Crippen LogP contribution >= 0.6 is 0 Å². The van der Waals surface area contributed by atoms with Crippen molar-refractivity contribution in [2.24, 2.45) is 5.41 Å². The van der Waals surface area contributed by atoms with Crippen molar-refractivity contribution in [3.63, 3.8) is 0 Å². The molecule has 0 heterocycles. The molecule has 0 saturated heterocycles. The zero-order valence-electron chi connectivity index (χ0n) is 22.1. The second kappa shape index (κ2) is 22.7. The summed E-state index contributed by atoms with van der Waals surface area (Å²) in [6.45, 7) is 9.59. The van der Waals surface area contributed by atoms with Crippen molar-refractivity contribution in [1.82, 2.24) is 0 Å². The highest BCUT2D eigenvalue weighted by Gasteiger charge is 2.33. The summed E-state index contributed by atoms with van der Waals surface area (Å²) < 4.78 is 5.80. The van der Waals surface area contributed by atoms with Gasteiger partial charge < -0.3 is 4.74 Å². The number of esters is 1. The number of carbonyl (C=O) groups excluding carboxylic acids is 1. The Bertz CT molecular complexity index is 379. The molecule has 0 aliphatic heterocycles. The molecule has 0 aromatic carbocycles. The van der Waals surface area contributed by atoms with E-state index in [4.69, 9.17) is 4.74 Å². The Morgan fingerprint density at radius 1 is 0.516 bits per heavy atom. The fourth-order valence-corrected chi connectivity index (χ4v) is 4.50. The van der Waals surface area contributed by atoms with Gasteiger partial charge in [0.15, 0.2) is 0 Å². The van der Waals surface area contributed by atoms with Crippen LogP contribution in [0.3, 0.4) is 0 Å². The van der Waals surface area contributed by atoms with Gasteiger partial charge in [0.2, 0.25) is 0 Å². The van der Waals surface area contributed by atoms with Crippen LogP contribution in [0.15, 0.2) is 0 Å². The summed E-state index contributed by atoms with van der Waals surface area (Å²) >= 11 is 0. The summed E-state index contributed by atoms with van der Waals surface area (Å²) in [5.74, 6) is 0.0805. The van der Waals surface area contributed by atoms with Gasteiger partial charge in [0, 0.05) is 0 Å². The van der Waals surface area contributed by atoms with E-state index in [1.807, 2.05) is 0 Å². The number of hydrogen-bond donors (Lipinski definition) is 0. The third kappa shape index (κ3) is 18.7. The Kier molecular flexibility index (Phi) is 22.3. The molecule has 2 heteroatoms. The van der Waals surface area contributed by atoms with Crippen LogP contribution in [0.2, 0.25) is 0 Å². The number of carbonyl (C=O) groups is 1. The minimum atomic E-state index is -0.268. The second-order valence-electron chi connectivity index (χ2n) is 10.2. The maximum absolute atomic E-state index is 13.0. The Hall–Kier alpha value is -0.530. The molecule has 0 saturated carbocycles. The number of rotatable bonds is 24. The standard InChI is InChI=1S/C29H58O2/c1-5-8-11-14-16-17-20-23-26-29(4,25-22-19-13-10-7-3)28(30)31-27-24-21-18-15-12-9-6-2/h5-27H2,1-4H3. The molecular weight excluding hydrogens is 380 g/mol. The molecule has 0 amide bonds. The number of hydrogen-bond acceptors (Lipinski definition) is 2. The SMILES string of the molecule is CCCCCCCCCCC(C)(CCCCCCC)C(=O)OCCCCCCCCC. The minimum Gasteiger partial charge on any atom is -0.465 e. The first-order valence-corrected chi connectivity index (χ1v) is 14.3. The van der Waals surface area contributed by atoms with E-state index in [0.29, 0.717) is 6.61 Å². The molecule has 0 spiro atoms. The molecule has 0 aromatic rings. The maximum Gasteiger partial charge on any atom is 0.311 e. The fraction of sp³-hybridized carbons (Fsp3) is 0.966. The van der Waals surface area contributed by atoms with E-state index < -0.39 is 0 Å². The van der Waals surface area contributed by atoms with E-state index in [2.05, 4.69) is 27.7 Å². The van der Waals surface area contributed by atoms with Gasteiger partial charge in [-0.1, -0.05) is 143 Å². The number of ether oxygens (including phenoxy) is 1. The molecule has 1 unspecified atom stereocenters. The lowest BCUT2D eigenvalue weighted by Gasteiger charge is -2.27. The Balaban J connectivity index is 4.21. The van der Waals surface area contributed by atoms with Crippen molar-refractivity contribution < 1.29 is 9.53 Å². The number of unbranched alkanes of at least 4 members (excludes halogenated alkanes) is 17. The van der Waals surface area contributed by atoms with Gasteiger partial charge in [0.05, 0.1) is 12.0 Å². The van der Waals surface area contributed by atoms with E-state index in [0.717, 1.165) is 19.3 Å². The summed E-state index contributed by atoms with van der Waals surface area (Å²) in [6, 6.07) is 0. The van der Waals surface area contributed by atoms with Crippen molar-refractivity contribution in [3.8, 4) is 0 Å². The van der Waals surface area contributed by atoms with Crippen LogP contribution in [0.25, 0.3) is 0 Å². The zero-order chi connectivity index (χ0) is 23.0. The summed E-state index contributed by atoms with van der Waals surface area (Å²) in [6.07, 6.45) is 27.7.